The van der Waals surface area contributed by atoms with Crippen molar-refractivity contribution in [3.05, 3.63) is 70.3 Å². The molecule has 0 aliphatic carbocycles. The van der Waals surface area contributed by atoms with Gasteiger partial charge in [-0.25, -0.2) is 8.78 Å². The highest BCUT2D eigenvalue weighted by atomic mass is 19.3. The van der Waals surface area contributed by atoms with Crippen molar-refractivity contribution in [1.82, 2.24) is 0 Å². The summed E-state index contributed by atoms with van der Waals surface area (Å²) < 4.78 is 60.4. The molecule has 0 bridgehead atoms. The third-order valence-electron chi connectivity index (χ3n) is 3.67. The number of hydrogen-bond acceptors (Lipinski definition) is 2. The quantitative estimate of drug-likeness (QED) is 0.700. The summed E-state index contributed by atoms with van der Waals surface area (Å²) in [7, 11) is 0. The van der Waals surface area contributed by atoms with Gasteiger partial charge in [0.1, 0.15) is 23.3 Å². The van der Waals surface area contributed by atoms with Gasteiger partial charge in [0.05, 0.1) is 11.7 Å². The van der Waals surface area contributed by atoms with Crippen molar-refractivity contribution in [3.8, 4) is 6.07 Å². The Labute approximate surface area is 137 Å². The Balaban J connectivity index is 2.24. The molecule has 0 radical (unpaired) electrons. The lowest BCUT2D eigenvalue weighted by Crippen LogP contribution is -2.20. The fourth-order valence-electron chi connectivity index (χ4n) is 2.23. The van der Waals surface area contributed by atoms with Crippen LogP contribution >= 0.6 is 0 Å². The molecule has 0 aliphatic rings. The van der Waals surface area contributed by atoms with E-state index in [1.165, 1.54) is 25.1 Å². The van der Waals surface area contributed by atoms with Crippen LogP contribution in [0.1, 0.15) is 42.2 Å². The van der Waals surface area contributed by atoms with Gasteiger partial charge in [-0.1, -0.05) is 31.2 Å². The van der Waals surface area contributed by atoms with E-state index in [2.05, 4.69) is 0 Å². The summed E-state index contributed by atoms with van der Waals surface area (Å²) in [5, 5.41) is 8.63. The van der Waals surface area contributed by atoms with E-state index in [0.29, 0.717) is 6.42 Å². The van der Waals surface area contributed by atoms with Crippen molar-refractivity contribution in [2.45, 2.75) is 32.5 Å². The second-order valence-corrected chi connectivity index (χ2v) is 5.30. The number of halogens is 4. The zero-order valence-electron chi connectivity index (χ0n) is 13.1. The molecule has 0 spiro atoms. The molecule has 1 atom stereocenters. The van der Waals surface area contributed by atoms with Gasteiger partial charge in [-0.05, 0) is 36.6 Å². The lowest BCUT2D eigenvalue weighted by Gasteiger charge is -2.22. The lowest BCUT2D eigenvalue weighted by atomic mass is 10.1. The van der Waals surface area contributed by atoms with E-state index < -0.39 is 29.4 Å². The van der Waals surface area contributed by atoms with Gasteiger partial charge < -0.3 is 4.74 Å². The molecule has 2 rings (SSSR count). The van der Waals surface area contributed by atoms with Gasteiger partial charge in [0.15, 0.2) is 0 Å². The zero-order chi connectivity index (χ0) is 17.9. The lowest BCUT2D eigenvalue weighted by molar-refractivity contribution is -0.272. The van der Waals surface area contributed by atoms with Crippen LogP contribution in [0.15, 0.2) is 36.4 Å². The molecule has 0 aliphatic heterocycles. The van der Waals surface area contributed by atoms with Gasteiger partial charge in [-0.3, -0.25) is 0 Å². The molecule has 2 aromatic rings. The summed E-state index contributed by atoms with van der Waals surface area (Å²) in [6.07, 6.45) is -4.18. The summed E-state index contributed by atoms with van der Waals surface area (Å²) >= 11 is 0. The second kappa shape index (κ2) is 7.02. The topological polar surface area (TPSA) is 33.0 Å². The number of ether oxygens (including phenoxy) is 1. The number of rotatable bonds is 5. The third-order valence-corrected chi connectivity index (χ3v) is 3.67. The number of nitrogens with zero attached hydrogens (tertiary/aromatic N) is 1. The Bertz CT molecular complexity index is 743. The SMILES string of the molecule is CCc1ccc(C(F)(F)OC(C)c2cc(F)c(C#N)c(F)c2)cc1. The number of hydrogen-bond donors (Lipinski definition) is 0. The van der Waals surface area contributed by atoms with E-state index >= 15 is 0 Å². The van der Waals surface area contributed by atoms with Crippen LogP contribution < -0.4 is 0 Å². The third kappa shape index (κ3) is 3.74. The van der Waals surface area contributed by atoms with Crippen molar-refractivity contribution in [2.24, 2.45) is 0 Å². The molecule has 2 aromatic carbocycles. The van der Waals surface area contributed by atoms with Crippen LogP contribution in [0.2, 0.25) is 0 Å². The van der Waals surface area contributed by atoms with E-state index in [0.717, 1.165) is 17.7 Å². The van der Waals surface area contributed by atoms with Crippen LogP contribution in [0.25, 0.3) is 0 Å². The van der Waals surface area contributed by atoms with Crippen molar-refractivity contribution < 1.29 is 22.3 Å². The number of benzene rings is 2. The maximum Gasteiger partial charge on any atom is 0.383 e. The number of alkyl halides is 2. The normalized spacial score (nSPS) is 12.7. The minimum absolute atomic E-state index is 0.117. The molecule has 0 saturated heterocycles. The Morgan fingerprint density at radius 3 is 2.12 bits per heavy atom. The molecule has 0 fully saturated rings. The predicted molar refractivity (Wildman–Crippen MR) is 80.3 cm³/mol. The van der Waals surface area contributed by atoms with E-state index in [-0.39, 0.29) is 11.1 Å². The molecular weight excluding hydrogens is 322 g/mol. The van der Waals surface area contributed by atoms with Gasteiger partial charge in [-0.15, -0.1) is 0 Å². The minimum atomic E-state index is -3.62. The van der Waals surface area contributed by atoms with Crippen LogP contribution in [0.5, 0.6) is 0 Å². The molecule has 24 heavy (non-hydrogen) atoms. The van der Waals surface area contributed by atoms with Crippen LogP contribution in [-0.2, 0) is 17.3 Å². The summed E-state index contributed by atoms with van der Waals surface area (Å²) in [6, 6.07) is 8.67. The largest absolute Gasteiger partial charge is 0.383 e. The molecule has 0 amide bonds. The summed E-state index contributed by atoms with van der Waals surface area (Å²) in [4.78, 5) is 0. The Morgan fingerprint density at radius 1 is 1.12 bits per heavy atom. The maximum atomic E-state index is 14.2. The van der Waals surface area contributed by atoms with Crippen LogP contribution in [-0.4, -0.2) is 0 Å². The van der Waals surface area contributed by atoms with Gasteiger partial charge in [0.25, 0.3) is 0 Å². The minimum Gasteiger partial charge on any atom is -0.309 e. The maximum absolute atomic E-state index is 14.2. The van der Waals surface area contributed by atoms with E-state index in [4.69, 9.17) is 10.00 Å². The first-order valence-corrected chi connectivity index (χ1v) is 7.32. The highest BCUT2D eigenvalue weighted by molar-refractivity contribution is 5.36. The van der Waals surface area contributed by atoms with Crippen LogP contribution in [0, 0.1) is 23.0 Å². The molecule has 0 N–H and O–H groups in total. The van der Waals surface area contributed by atoms with Crippen molar-refractivity contribution in [2.75, 3.05) is 0 Å². The standard InChI is InChI=1S/C18H15F4NO/c1-3-12-4-6-14(7-5-12)18(21,22)24-11(2)13-8-16(19)15(10-23)17(20)9-13/h4-9,11H,3H2,1-2H3. The highest BCUT2D eigenvalue weighted by Crippen LogP contribution is 2.35. The van der Waals surface area contributed by atoms with Crippen molar-refractivity contribution in [3.63, 3.8) is 0 Å². The van der Waals surface area contributed by atoms with Gasteiger partial charge in [0.2, 0.25) is 0 Å². The number of nitriles is 1. The first kappa shape index (κ1) is 18.0. The fourth-order valence-corrected chi connectivity index (χ4v) is 2.23. The molecule has 6 heteroatoms. The van der Waals surface area contributed by atoms with Gasteiger partial charge in [0, 0.05) is 0 Å². The summed E-state index contributed by atoms with van der Waals surface area (Å²) in [6.45, 7) is 3.16. The monoisotopic (exact) mass is 337 g/mol. The van der Waals surface area contributed by atoms with E-state index in [1.807, 2.05) is 6.92 Å². The Hall–Kier alpha value is -2.39. The average Bonchev–Trinajstić information content (AvgIpc) is 2.54. The molecule has 126 valence electrons. The molecular formula is C18H15F4NO. The molecule has 0 heterocycles. The van der Waals surface area contributed by atoms with E-state index in [9.17, 15) is 17.6 Å². The molecule has 1 unspecified atom stereocenters. The van der Waals surface area contributed by atoms with Gasteiger partial charge in [-0.2, -0.15) is 14.0 Å². The number of aryl methyl sites for hydroxylation is 1. The van der Waals surface area contributed by atoms with E-state index in [1.54, 1.807) is 12.1 Å². The van der Waals surface area contributed by atoms with Crippen molar-refractivity contribution >= 4 is 0 Å². The summed E-state index contributed by atoms with van der Waals surface area (Å²) in [5.41, 5.74) is -0.318. The molecule has 2 nitrogen and oxygen atoms in total. The summed E-state index contributed by atoms with van der Waals surface area (Å²) in [5.74, 6) is -2.22. The van der Waals surface area contributed by atoms with Gasteiger partial charge >= 0.3 is 6.11 Å². The zero-order valence-corrected chi connectivity index (χ0v) is 13.1. The fraction of sp³-hybridized carbons (Fsp3) is 0.278. The Morgan fingerprint density at radius 2 is 1.67 bits per heavy atom. The second-order valence-electron chi connectivity index (χ2n) is 5.30. The Kier molecular flexibility index (Phi) is 5.25. The predicted octanol–water partition coefficient (Wildman–Crippen LogP) is 5.23. The smallest absolute Gasteiger partial charge is 0.309 e. The molecule has 0 aromatic heterocycles. The first-order chi connectivity index (χ1) is 11.3. The first-order valence-electron chi connectivity index (χ1n) is 7.32. The van der Waals surface area contributed by atoms with Crippen LogP contribution in [0.4, 0.5) is 17.6 Å². The van der Waals surface area contributed by atoms with Crippen LogP contribution in [0.3, 0.4) is 0 Å². The highest BCUT2D eigenvalue weighted by Gasteiger charge is 2.35. The van der Waals surface area contributed by atoms with Crippen molar-refractivity contribution in [1.29, 1.82) is 5.26 Å². The average molecular weight is 337 g/mol. The molecule has 0 saturated carbocycles.